The first-order valence-corrected chi connectivity index (χ1v) is 5.13. The van der Waals surface area contributed by atoms with Gasteiger partial charge in [-0.25, -0.2) is 0 Å². The fourth-order valence-electron chi connectivity index (χ4n) is 1.55. The van der Waals surface area contributed by atoms with E-state index >= 15 is 0 Å². The zero-order valence-corrected chi connectivity index (χ0v) is 12.3. The largest absolute Gasteiger partial charge is 2.00 e. The summed E-state index contributed by atoms with van der Waals surface area (Å²) in [7, 11) is 0. The van der Waals surface area contributed by atoms with Crippen molar-refractivity contribution in [3.8, 4) is 0 Å². The van der Waals surface area contributed by atoms with Crippen LogP contribution in [-0.4, -0.2) is 35.9 Å². The second kappa shape index (κ2) is 9.42. The minimum atomic E-state index is 0. The molecule has 1 unspecified atom stereocenters. The normalized spacial score (nSPS) is 19.4. The van der Waals surface area contributed by atoms with Gasteiger partial charge in [-0.3, -0.25) is 0 Å². The van der Waals surface area contributed by atoms with E-state index in [1.807, 2.05) is 24.3 Å². The van der Waals surface area contributed by atoms with E-state index in [2.05, 4.69) is 6.07 Å². The Hall–Kier alpha value is 0.386. The Morgan fingerprint density at radius 1 is 1.31 bits per heavy atom. The maximum Gasteiger partial charge on any atom is 2.00 e. The van der Waals surface area contributed by atoms with E-state index in [1.54, 1.807) is 0 Å². The fourth-order valence-corrected chi connectivity index (χ4v) is 1.55. The third kappa shape index (κ3) is 5.64. The van der Waals surface area contributed by atoms with Crippen LogP contribution in [0.15, 0.2) is 24.3 Å². The zero-order valence-electron chi connectivity index (χ0n) is 9.32. The Kier molecular flexibility index (Phi) is 9.65. The molecule has 0 amide bonds. The molecule has 16 heavy (non-hydrogen) atoms. The molecule has 1 fully saturated rings. The maximum absolute atomic E-state index is 5.63. The number of benzene rings is 1. The van der Waals surface area contributed by atoms with Gasteiger partial charge in [0.05, 0.1) is 6.61 Å². The molecule has 1 aromatic rings. The van der Waals surface area contributed by atoms with Gasteiger partial charge in [-0.15, -0.1) is 5.56 Å². The summed E-state index contributed by atoms with van der Waals surface area (Å²) in [5, 5.41) is 0. The van der Waals surface area contributed by atoms with Crippen LogP contribution in [0.4, 0.5) is 0 Å². The average Bonchev–Trinajstić information content (AvgIpc) is 2.29. The fraction of sp³-hybridized carbons (Fsp3) is 0.500. The molecule has 1 aliphatic rings. The minimum Gasteiger partial charge on any atom is -1.00 e. The predicted octanol–water partition coefficient (Wildman–Crippen LogP) is -0.847. The van der Waals surface area contributed by atoms with Crippen LogP contribution in [0.3, 0.4) is 0 Å². The van der Waals surface area contributed by atoms with Gasteiger partial charge >= 0.3 is 23.1 Å². The standard InChI is InChI=1S/C12H15O2.BrH.Mg/c1-2-6-11(7-3-1)10-14-12-8-4-5-9-13-12;;/h2-3,6-7,12H,4-5,8-10H2;1H;/q-1;;+2/p-1. The molecule has 1 heterocycles. The van der Waals surface area contributed by atoms with Crippen LogP contribution in [0, 0.1) is 6.07 Å². The molecule has 4 heteroatoms. The van der Waals surface area contributed by atoms with E-state index in [1.165, 1.54) is 18.4 Å². The molecule has 2 rings (SSSR count). The molecule has 1 aromatic carbocycles. The van der Waals surface area contributed by atoms with Crippen molar-refractivity contribution in [2.24, 2.45) is 0 Å². The Morgan fingerprint density at radius 3 is 2.69 bits per heavy atom. The Bertz CT molecular complexity index is 263. The second-order valence-electron chi connectivity index (χ2n) is 3.52. The van der Waals surface area contributed by atoms with Gasteiger partial charge in [-0.05, 0) is 19.3 Å². The average molecular weight is 295 g/mol. The molecule has 1 aliphatic heterocycles. The number of ether oxygens (including phenoxy) is 2. The molecule has 0 radical (unpaired) electrons. The quantitative estimate of drug-likeness (QED) is 0.534. The topological polar surface area (TPSA) is 18.5 Å². The van der Waals surface area contributed by atoms with Crippen LogP contribution in [0.5, 0.6) is 0 Å². The molecule has 1 saturated heterocycles. The number of rotatable bonds is 3. The summed E-state index contributed by atoms with van der Waals surface area (Å²) < 4.78 is 11.1. The van der Waals surface area contributed by atoms with Gasteiger partial charge < -0.3 is 26.5 Å². The van der Waals surface area contributed by atoms with Crippen molar-refractivity contribution in [2.45, 2.75) is 32.2 Å². The number of hydrogen-bond acceptors (Lipinski definition) is 2. The first-order chi connectivity index (χ1) is 6.95. The van der Waals surface area contributed by atoms with Crippen molar-refractivity contribution in [1.29, 1.82) is 0 Å². The van der Waals surface area contributed by atoms with Crippen molar-refractivity contribution in [3.63, 3.8) is 0 Å². The van der Waals surface area contributed by atoms with Gasteiger partial charge in [-0.2, -0.15) is 30.3 Å². The zero-order chi connectivity index (χ0) is 9.64. The summed E-state index contributed by atoms with van der Waals surface area (Å²) in [5.41, 5.74) is 1.18. The molecule has 0 N–H and O–H groups in total. The van der Waals surface area contributed by atoms with Gasteiger partial charge in [0.2, 0.25) is 0 Å². The molecule has 0 aromatic heterocycles. The SMILES string of the molecule is [Br-].[Mg+2].[c-]1ccc(COC2CCCCO2)cc1. The molecule has 2 nitrogen and oxygen atoms in total. The van der Waals surface area contributed by atoms with Crippen LogP contribution >= 0.6 is 0 Å². The van der Waals surface area contributed by atoms with E-state index in [-0.39, 0.29) is 46.3 Å². The van der Waals surface area contributed by atoms with E-state index in [9.17, 15) is 0 Å². The van der Waals surface area contributed by atoms with Crippen LogP contribution in [0.25, 0.3) is 0 Å². The van der Waals surface area contributed by atoms with Crippen molar-refractivity contribution < 1.29 is 26.5 Å². The summed E-state index contributed by atoms with van der Waals surface area (Å²) in [6.45, 7) is 1.48. The van der Waals surface area contributed by atoms with Gasteiger partial charge in [0.25, 0.3) is 0 Å². The molecule has 0 spiro atoms. The summed E-state index contributed by atoms with van der Waals surface area (Å²) in [6.07, 6.45) is 3.42. The van der Waals surface area contributed by atoms with Gasteiger partial charge in [0.1, 0.15) is 0 Å². The summed E-state index contributed by atoms with van der Waals surface area (Å²) in [5.74, 6) is 0. The molecule has 0 aliphatic carbocycles. The molecular weight excluding hydrogens is 280 g/mol. The predicted molar refractivity (Wildman–Crippen MR) is 59.4 cm³/mol. The second-order valence-corrected chi connectivity index (χ2v) is 3.52. The van der Waals surface area contributed by atoms with E-state index in [0.717, 1.165) is 13.0 Å². The summed E-state index contributed by atoms with van der Waals surface area (Å²) in [6, 6.07) is 10.8. The third-order valence-electron chi connectivity index (χ3n) is 2.36. The van der Waals surface area contributed by atoms with Crippen molar-refractivity contribution in [2.75, 3.05) is 6.61 Å². The van der Waals surface area contributed by atoms with Crippen molar-refractivity contribution in [1.82, 2.24) is 0 Å². The van der Waals surface area contributed by atoms with E-state index < -0.39 is 0 Å². The van der Waals surface area contributed by atoms with E-state index in [0.29, 0.717) is 6.61 Å². The smallest absolute Gasteiger partial charge is 1.00 e. The van der Waals surface area contributed by atoms with Gasteiger partial charge in [0, 0.05) is 6.61 Å². The molecular formula is C12H15BrMgO2. The Balaban J connectivity index is 0.00000112. The minimum absolute atomic E-state index is 0. The molecule has 0 bridgehead atoms. The van der Waals surface area contributed by atoms with Crippen molar-refractivity contribution >= 4 is 23.1 Å². The summed E-state index contributed by atoms with van der Waals surface area (Å²) >= 11 is 0. The first kappa shape index (κ1) is 16.4. The maximum atomic E-state index is 5.63. The Labute approximate surface area is 124 Å². The number of halogens is 1. The molecule has 0 saturated carbocycles. The van der Waals surface area contributed by atoms with Crippen molar-refractivity contribution in [3.05, 3.63) is 35.9 Å². The van der Waals surface area contributed by atoms with Crippen LogP contribution < -0.4 is 17.0 Å². The third-order valence-corrected chi connectivity index (χ3v) is 2.36. The van der Waals surface area contributed by atoms with Gasteiger partial charge in [0.15, 0.2) is 6.29 Å². The van der Waals surface area contributed by atoms with Crippen LogP contribution in [0.2, 0.25) is 0 Å². The molecule has 84 valence electrons. The van der Waals surface area contributed by atoms with Crippen LogP contribution in [-0.2, 0) is 16.1 Å². The Morgan fingerprint density at radius 2 is 2.06 bits per heavy atom. The summed E-state index contributed by atoms with van der Waals surface area (Å²) in [4.78, 5) is 0. The molecule has 1 atom stereocenters. The first-order valence-electron chi connectivity index (χ1n) is 5.13. The van der Waals surface area contributed by atoms with E-state index in [4.69, 9.17) is 9.47 Å². The number of hydrogen-bond donors (Lipinski definition) is 0. The van der Waals surface area contributed by atoms with Gasteiger partial charge in [-0.1, -0.05) is 0 Å². The van der Waals surface area contributed by atoms with Crippen LogP contribution in [0.1, 0.15) is 24.8 Å². The monoisotopic (exact) mass is 294 g/mol.